The molecule has 3 unspecified atom stereocenters. The smallest absolute Gasteiger partial charge is 0.227 e. The topological polar surface area (TPSA) is 23.6 Å². The Morgan fingerprint density at radius 1 is 0.778 bits per heavy atom. The number of para-hydroxylation sites is 1. The van der Waals surface area contributed by atoms with Gasteiger partial charge in [-0.2, -0.15) is 0 Å². The van der Waals surface area contributed by atoms with Crippen LogP contribution >= 0.6 is 0 Å². The first-order valence-electron chi connectivity index (χ1n) is 11.4. The Morgan fingerprint density at radius 3 is 2.41 bits per heavy atom. The molecule has 0 N–H and O–H groups in total. The number of nitrogens with zero attached hydrogens (tertiary/aromatic N) is 2. The molecule has 27 heavy (non-hydrogen) atoms. The maximum absolute atomic E-state index is 12.7. The zero-order valence-corrected chi connectivity index (χ0v) is 16.6. The van der Waals surface area contributed by atoms with Crippen LogP contribution in [0.1, 0.15) is 69.8 Å². The molecule has 3 fully saturated rings. The number of anilines is 1. The monoisotopic (exact) mass is 366 g/mol. The standard InChI is InChI=1S/C24H34N2O/c27-24-12-10-19-6-3-4-8-23(19)26(24)21-13-15-25(16-14-21)22-11-9-18-5-1-2-7-20(18)17-22/h3-4,6,8,18,20-22H,1-2,5,7,9-17H2. The molecule has 5 rings (SSSR count). The molecule has 3 nitrogen and oxygen atoms in total. The van der Waals surface area contributed by atoms with E-state index in [9.17, 15) is 4.79 Å². The minimum Gasteiger partial charge on any atom is -0.309 e. The fourth-order valence-corrected chi connectivity index (χ4v) is 6.54. The van der Waals surface area contributed by atoms with Gasteiger partial charge in [0.15, 0.2) is 0 Å². The van der Waals surface area contributed by atoms with E-state index in [1.807, 2.05) is 0 Å². The summed E-state index contributed by atoms with van der Waals surface area (Å²) in [7, 11) is 0. The number of benzene rings is 1. The Morgan fingerprint density at radius 2 is 1.56 bits per heavy atom. The largest absolute Gasteiger partial charge is 0.309 e. The van der Waals surface area contributed by atoms with Crippen molar-refractivity contribution in [2.45, 2.75) is 82.7 Å². The molecule has 2 saturated carbocycles. The number of carbonyl (C=O) groups excluding carboxylic acids is 1. The Balaban J connectivity index is 1.23. The number of aryl methyl sites for hydroxylation is 1. The van der Waals surface area contributed by atoms with Gasteiger partial charge in [0.25, 0.3) is 0 Å². The number of hydrogen-bond donors (Lipinski definition) is 0. The number of amides is 1. The molecular weight excluding hydrogens is 332 g/mol. The zero-order chi connectivity index (χ0) is 18.2. The van der Waals surface area contributed by atoms with E-state index in [0.717, 1.165) is 37.1 Å². The molecular formula is C24H34N2O. The van der Waals surface area contributed by atoms with E-state index in [4.69, 9.17) is 0 Å². The summed E-state index contributed by atoms with van der Waals surface area (Å²) in [5.74, 6) is 2.38. The third kappa shape index (κ3) is 3.44. The third-order valence-electron chi connectivity index (χ3n) is 8.02. The van der Waals surface area contributed by atoms with E-state index < -0.39 is 0 Å². The van der Waals surface area contributed by atoms with Crippen molar-refractivity contribution in [3.05, 3.63) is 29.8 Å². The van der Waals surface area contributed by atoms with Gasteiger partial charge in [-0.05, 0) is 62.0 Å². The van der Waals surface area contributed by atoms with Gasteiger partial charge in [0.1, 0.15) is 0 Å². The summed E-state index contributed by atoms with van der Waals surface area (Å²) in [5.41, 5.74) is 2.55. The van der Waals surface area contributed by atoms with Gasteiger partial charge >= 0.3 is 0 Å². The van der Waals surface area contributed by atoms with Crippen LogP contribution in [0.4, 0.5) is 5.69 Å². The molecule has 2 heterocycles. The minimum atomic E-state index is 0.342. The van der Waals surface area contributed by atoms with Crippen LogP contribution < -0.4 is 4.90 Å². The lowest BCUT2D eigenvalue weighted by Crippen LogP contribution is -2.52. The van der Waals surface area contributed by atoms with E-state index in [1.54, 1.807) is 0 Å². The van der Waals surface area contributed by atoms with Gasteiger partial charge in [0.05, 0.1) is 0 Å². The molecule has 0 aromatic heterocycles. The van der Waals surface area contributed by atoms with Crippen LogP contribution in [0.15, 0.2) is 24.3 Å². The van der Waals surface area contributed by atoms with Gasteiger partial charge in [-0.3, -0.25) is 4.79 Å². The highest BCUT2D eigenvalue weighted by atomic mass is 16.2. The lowest BCUT2D eigenvalue weighted by molar-refractivity contribution is -0.119. The number of piperidine rings is 1. The van der Waals surface area contributed by atoms with Crippen molar-refractivity contribution < 1.29 is 4.79 Å². The maximum Gasteiger partial charge on any atom is 0.227 e. The molecule has 0 radical (unpaired) electrons. The van der Waals surface area contributed by atoms with E-state index in [2.05, 4.69) is 34.1 Å². The number of carbonyl (C=O) groups is 1. The molecule has 2 aliphatic heterocycles. The fraction of sp³-hybridized carbons (Fsp3) is 0.708. The van der Waals surface area contributed by atoms with Gasteiger partial charge in [0.2, 0.25) is 5.91 Å². The van der Waals surface area contributed by atoms with Crippen LogP contribution in [0.2, 0.25) is 0 Å². The van der Waals surface area contributed by atoms with Crippen molar-refractivity contribution in [2.24, 2.45) is 11.8 Å². The van der Waals surface area contributed by atoms with Gasteiger partial charge in [-0.25, -0.2) is 0 Å². The average molecular weight is 367 g/mol. The van der Waals surface area contributed by atoms with E-state index in [0.29, 0.717) is 18.4 Å². The van der Waals surface area contributed by atoms with Crippen LogP contribution in [0.25, 0.3) is 0 Å². The van der Waals surface area contributed by atoms with E-state index >= 15 is 0 Å². The molecule has 1 amide bonds. The summed E-state index contributed by atoms with van der Waals surface area (Å²) in [6.45, 7) is 2.36. The number of likely N-dealkylation sites (tertiary alicyclic amines) is 1. The third-order valence-corrected chi connectivity index (χ3v) is 8.02. The molecule has 3 heteroatoms. The first-order chi connectivity index (χ1) is 13.3. The minimum absolute atomic E-state index is 0.342. The molecule has 0 spiro atoms. The zero-order valence-electron chi connectivity index (χ0n) is 16.6. The van der Waals surface area contributed by atoms with Crippen LogP contribution in [-0.4, -0.2) is 36.0 Å². The van der Waals surface area contributed by atoms with Crippen molar-refractivity contribution in [1.29, 1.82) is 0 Å². The van der Waals surface area contributed by atoms with E-state index in [-0.39, 0.29) is 0 Å². The molecule has 146 valence electrons. The van der Waals surface area contributed by atoms with Gasteiger partial charge in [-0.1, -0.05) is 43.9 Å². The van der Waals surface area contributed by atoms with Crippen molar-refractivity contribution in [1.82, 2.24) is 4.90 Å². The number of fused-ring (bicyclic) bond motifs is 2. The Bertz CT molecular complexity index is 679. The highest BCUT2D eigenvalue weighted by molar-refractivity contribution is 5.97. The van der Waals surface area contributed by atoms with Crippen LogP contribution in [0.3, 0.4) is 0 Å². The maximum atomic E-state index is 12.7. The first kappa shape index (κ1) is 17.7. The molecule has 3 atom stereocenters. The summed E-state index contributed by atoms with van der Waals surface area (Å²) in [5, 5.41) is 0. The van der Waals surface area contributed by atoms with Gasteiger partial charge < -0.3 is 9.80 Å². The van der Waals surface area contributed by atoms with Gasteiger partial charge in [-0.15, -0.1) is 0 Å². The predicted molar refractivity (Wildman–Crippen MR) is 110 cm³/mol. The lowest BCUT2D eigenvalue weighted by atomic mass is 9.69. The van der Waals surface area contributed by atoms with Crippen LogP contribution in [-0.2, 0) is 11.2 Å². The summed E-state index contributed by atoms with van der Waals surface area (Å²) < 4.78 is 0. The average Bonchev–Trinajstić information content (AvgIpc) is 2.73. The fourth-order valence-electron chi connectivity index (χ4n) is 6.54. The number of rotatable bonds is 2. The predicted octanol–water partition coefficient (Wildman–Crippen LogP) is 4.79. The molecule has 4 aliphatic rings. The normalized spacial score (nSPS) is 32.8. The van der Waals surface area contributed by atoms with Gasteiger partial charge in [0, 0.05) is 37.3 Å². The summed E-state index contributed by atoms with van der Waals surface area (Å²) in [4.78, 5) is 17.6. The molecule has 1 saturated heterocycles. The second-order valence-corrected chi connectivity index (χ2v) is 9.43. The highest BCUT2D eigenvalue weighted by Crippen LogP contribution is 2.42. The Kier molecular flexibility index (Phi) is 4.98. The molecule has 2 aliphatic carbocycles. The quantitative estimate of drug-likeness (QED) is 0.751. The summed E-state index contributed by atoms with van der Waals surface area (Å²) >= 11 is 0. The molecule has 1 aromatic carbocycles. The van der Waals surface area contributed by atoms with Crippen molar-refractivity contribution in [2.75, 3.05) is 18.0 Å². The molecule has 1 aromatic rings. The first-order valence-corrected chi connectivity index (χ1v) is 11.4. The van der Waals surface area contributed by atoms with Crippen LogP contribution in [0.5, 0.6) is 0 Å². The number of hydrogen-bond acceptors (Lipinski definition) is 2. The second kappa shape index (κ2) is 7.58. The van der Waals surface area contributed by atoms with Crippen molar-refractivity contribution >= 4 is 11.6 Å². The van der Waals surface area contributed by atoms with Crippen molar-refractivity contribution in [3.8, 4) is 0 Å². The lowest BCUT2D eigenvalue weighted by Gasteiger charge is -2.47. The molecule has 0 bridgehead atoms. The second-order valence-electron chi connectivity index (χ2n) is 9.43. The summed E-state index contributed by atoms with van der Waals surface area (Å²) in [6.07, 6.45) is 14.1. The van der Waals surface area contributed by atoms with E-state index in [1.165, 1.54) is 69.3 Å². The SMILES string of the molecule is O=C1CCc2ccccc2N1C1CCN(C2CCC3CCCCC3C2)CC1. The van der Waals surface area contributed by atoms with Crippen molar-refractivity contribution in [3.63, 3.8) is 0 Å². The Hall–Kier alpha value is -1.35. The van der Waals surface area contributed by atoms with Crippen LogP contribution in [0, 0.1) is 11.8 Å². The Labute approximate surface area is 164 Å². The highest BCUT2D eigenvalue weighted by Gasteiger charge is 2.37. The summed E-state index contributed by atoms with van der Waals surface area (Å²) in [6, 6.07) is 9.77.